The SMILES string of the molecule is CCCNC(=O)NCCOc1cccc2ccccc12. The summed E-state index contributed by atoms with van der Waals surface area (Å²) in [6, 6.07) is 13.9. The molecule has 2 aromatic carbocycles. The van der Waals surface area contributed by atoms with Crippen LogP contribution in [0.5, 0.6) is 5.75 Å². The monoisotopic (exact) mass is 272 g/mol. The van der Waals surface area contributed by atoms with Gasteiger partial charge in [-0.2, -0.15) is 0 Å². The summed E-state index contributed by atoms with van der Waals surface area (Å²) in [5, 5.41) is 7.76. The average molecular weight is 272 g/mol. The highest BCUT2D eigenvalue weighted by molar-refractivity contribution is 5.88. The molecule has 0 atom stereocenters. The van der Waals surface area contributed by atoms with Crippen molar-refractivity contribution in [2.45, 2.75) is 13.3 Å². The highest BCUT2D eigenvalue weighted by Gasteiger charge is 2.01. The zero-order chi connectivity index (χ0) is 14.2. The van der Waals surface area contributed by atoms with Crippen LogP contribution in [0.25, 0.3) is 10.8 Å². The molecule has 106 valence electrons. The van der Waals surface area contributed by atoms with Gasteiger partial charge in [0.15, 0.2) is 0 Å². The number of benzene rings is 2. The Morgan fingerprint density at radius 1 is 1.05 bits per heavy atom. The van der Waals surface area contributed by atoms with Crippen molar-refractivity contribution < 1.29 is 9.53 Å². The molecule has 0 unspecified atom stereocenters. The van der Waals surface area contributed by atoms with Crippen LogP contribution in [0.2, 0.25) is 0 Å². The Bertz CT molecular complexity index is 564. The average Bonchev–Trinajstić information content (AvgIpc) is 2.49. The second kappa shape index (κ2) is 7.38. The summed E-state index contributed by atoms with van der Waals surface area (Å²) in [5.41, 5.74) is 0. The van der Waals surface area contributed by atoms with Crippen LogP contribution in [-0.4, -0.2) is 25.7 Å². The van der Waals surface area contributed by atoms with Gasteiger partial charge < -0.3 is 15.4 Å². The summed E-state index contributed by atoms with van der Waals surface area (Å²) in [5.74, 6) is 0.846. The number of carbonyl (C=O) groups is 1. The largest absolute Gasteiger partial charge is 0.491 e. The summed E-state index contributed by atoms with van der Waals surface area (Å²) in [4.78, 5) is 11.3. The first kappa shape index (κ1) is 14.2. The molecule has 0 aliphatic rings. The highest BCUT2D eigenvalue weighted by atomic mass is 16.5. The normalized spacial score (nSPS) is 10.2. The molecule has 0 aliphatic carbocycles. The molecule has 2 rings (SSSR count). The molecule has 0 bridgehead atoms. The topological polar surface area (TPSA) is 50.4 Å². The van der Waals surface area contributed by atoms with Crippen LogP contribution >= 0.6 is 0 Å². The van der Waals surface area contributed by atoms with Crippen molar-refractivity contribution in [3.05, 3.63) is 42.5 Å². The molecule has 0 heterocycles. The fourth-order valence-electron chi connectivity index (χ4n) is 1.95. The molecule has 20 heavy (non-hydrogen) atoms. The molecule has 2 N–H and O–H groups in total. The van der Waals surface area contributed by atoms with Gasteiger partial charge in [0.05, 0.1) is 6.54 Å². The minimum atomic E-state index is -0.145. The van der Waals surface area contributed by atoms with Crippen LogP contribution in [0.3, 0.4) is 0 Å². The van der Waals surface area contributed by atoms with E-state index in [9.17, 15) is 4.79 Å². The van der Waals surface area contributed by atoms with E-state index in [4.69, 9.17) is 4.74 Å². The van der Waals surface area contributed by atoms with Crippen LogP contribution in [0.15, 0.2) is 42.5 Å². The Morgan fingerprint density at radius 2 is 1.80 bits per heavy atom. The predicted molar refractivity (Wildman–Crippen MR) is 81.1 cm³/mol. The standard InChI is InChI=1S/C16H20N2O2/c1-2-10-17-16(19)18-11-12-20-15-9-5-7-13-6-3-4-8-14(13)15/h3-9H,2,10-12H2,1H3,(H2,17,18,19). The molecule has 2 amide bonds. The molecule has 0 aromatic heterocycles. The lowest BCUT2D eigenvalue weighted by Crippen LogP contribution is -2.37. The Kier molecular flexibility index (Phi) is 5.24. The van der Waals surface area contributed by atoms with Crippen LogP contribution in [0.1, 0.15) is 13.3 Å². The maximum Gasteiger partial charge on any atom is 0.314 e. The predicted octanol–water partition coefficient (Wildman–Crippen LogP) is 2.93. The summed E-state index contributed by atoms with van der Waals surface area (Å²) in [6.07, 6.45) is 0.930. The van der Waals surface area contributed by atoms with Crippen molar-refractivity contribution in [3.8, 4) is 5.75 Å². The van der Waals surface area contributed by atoms with E-state index in [0.717, 1.165) is 22.9 Å². The number of amides is 2. The molecule has 2 aromatic rings. The first-order chi connectivity index (χ1) is 9.81. The number of hydrogen-bond donors (Lipinski definition) is 2. The number of ether oxygens (including phenoxy) is 1. The van der Waals surface area contributed by atoms with E-state index in [0.29, 0.717) is 19.7 Å². The first-order valence-corrected chi connectivity index (χ1v) is 6.93. The Labute approximate surface area is 119 Å². The molecule has 0 aliphatic heterocycles. The van der Waals surface area contributed by atoms with Crippen LogP contribution in [-0.2, 0) is 0 Å². The van der Waals surface area contributed by atoms with E-state index in [1.807, 2.05) is 37.3 Å². The second-order valence-corrected chi connectivity index (χ2v) is 4.51. The molecule has 4 heteroatoms. The summed E-state index contributed by atoms with van der Waals surface area (Å²) >= 11 is 0. The van der Waals surface area contributed by atoms with Gasteiger partial charge in [0.1, 0.15) is 12.4 Å². The number of hydrogen-bond acceptors (Lipinski definition) is 2. The van der Waals surface area contributed by atoms with Gasteiger partial charge in [-0.3, -0.25) is 0 Å². The highest BCUT2D eigenvalue weighted by Crippen LogP contribution is 2.24. The van der Waals surface area contributed by atoms with E-state index in [1.54, 1.807) is 0 Å². The Balaban J connectivity index is 1.83. The molecule has 0 radical (unpaired) electrons. The van der Waals surface area contributed by atoms with Crippen LogP contribution in [0, 0.1) is 0 Å². The lowest BCUT2D eigenvalue weighted by molar-refractivity contribution is 0.236. The first-order valence-electron chi connectivity index (χ1n) is 6.93. The van der Waals surface area contributed by atoms with Crippen molar-refractivity contribution in [2.75, 3.05) is 19.7 Å². The third-order valence-electron chi connectivity index (χ3n) is 2.93. The fourth-order valence-corrected chi connectivity index (χ4v) is 1.95. The molecule has 0 saturated carbocycles. The second-order valence-electron chi connectivity index (χ2n) is 4.51. The molecule has 4 nitrogen and oxygen atoms in total. The molecule has 0 spiro atoms. The van der Waals surface area contributed by atoms with Gasteiger partial charge in [-0.05, 0) is 17.9 Å². The molecular weight excluding hydrogens is 252 g/mol. The Morgan fingerprint density at radius 3 is 2.65 bits per heavy atom. The number of urea groups is 1. The van der Waals surface area contributed by atoms with Gasteiger partial charge >= 0.3 is 6.03 Å². The minimum absolute atomic E-state index is 0.145. The van der Waals surface area contributed by atoms with Gasteiger partial charge in [0.25, 0.3) is 0 Å². The van der Waals surface area contributed by atoms with Crippen molar-refractivity contribution in [1.29, 1.82) is 0 Å². The maximum absolute atomic E-state index is 11.3. The number of fused-ring (bicyclic) bond motifs is 1. The number of rotatable bonds is 6. The lowest BCUT2D eigenvalue weighted by Gasteiger charge is -2.10. The van der Waals surface area contributed by atoms with E-state index in [2.05, 4.69) is 22.8 Å². The van der Waals surface area contributed by atoms with E-state index < -0.39 is 0 Å². The van der Waals surface area contributed by atoms with Gasteiger partial charge in [-0.15, -0.1) is 0 Å². The quantitative estimate of drug-likeness (QED) is 0.794. The van der Waals surface area contributed by atoms with Crippen LogP contribution in [0.4, 0.5) is 4.79 Å². The zero-order valence-electron chi connectivity index (χ0n) is 11.7. The molecular formula is C16H20N2O2. The Hall–Kier alpha value is -2.23. The number of carbonyl (C=O) groups excluding carboxylic acids is 1. The van der Waals surface area contributed by atoms with Crippen LogP contribution < -0.4 is 15.4 Å². The van der Waals surface area contributed by atoms with E-state index >= 15 is 0 Å². The van der Waals surface area contributed by atoms with Gasteiger partial charge in [-0.25, -0.2) is 4.79 Å². The lowest BCUT2D eigenvalue weighted by atomic mass is 10.1. The minimum Gasteiger partial charge on any atom is -0.491 e. The molecule has 0 saturated heterocycles. The smallest absolute Gasteiger partial charge is 0.314 e. The maximum atomic E-state index is 11.3. The fraction of sp³-hybridized carbons (Fsp3) is 0.312. The van der Waals surface area contributed by atoms with Crippen molar-refractivity contribution >= 4 is 16.8 Å². The van der Waals surface area contributed by atoms with Gasteiger partial charge in [-0.1, -0.05) is 43.3 Å². The van der Waals surface area contributed by atoms with Crippen molar-refractivity contribution in [3.63, 3.8) is 0 Å². The van der Waals surface area contributed by atoms with Crippen molar-refractivity contribution in [2.24, 2.45) is 0 Å². The zero-order valence-corrected chi connectivity index (χ0v) is 11.7. The van der Waals surface area contributed by atoms with Crippen molar-refractivity contribution in [1.82, 2.24) is 10.6 Å². The third-order valence-corrected chi connectivity index (χ3v) is 2.93. The van der Waals surface area contributed by atoms with E-state index in [-0.39, 0.29) is 6.03 Å². The summed E-state index contributed by atoms with van der Waals surface area (Å²) < 4.78 is 5.73. The third kappa shape index (κ3) is 3.88. The van der Waals surface area contributed by atoms with E-state index in [1.165, 1.54) is 0 Å². The number of nitrogens with one attached hydrogen (secondary N) is 2. The molecule has 0 fully saturated rings. The van der Waals surface area contributed by atoms with Gasteiger partial charge in [0, 0.05) is 11.9 Å². The summed E-state index contributed by atoms with van der Waals surface area (Å²) in [7, 11) is 0. The summed E-state index contributed by atoms with van der Waals surface area (Å²) in [6.45, 7) is 3.65. The van der Waals surface area contributed by atoms with Gasteiger partial charge in [0.2, 0.25) is 0 Å².